The largest absolute Gasteiger partial charge is 0.314 e. The lowest BCUT2D eigenvalue weighted by Gasteiger charge is -2.12. The molecule has 0 amide bonds. The quantitative estimate of drug-likeness (QED) is 0.426. The van der Waals surface area contributed by atoms with Crippen molar-refractivity contribution < 1.29 is 0 Å². The van der Waals surface area contributed by atoms with Crippen LogP contribution >= 0.6 is 11.8 Å². The molecule has 0 saturated carbocycles. The van der Waals surface area contributed by atoms with Crippen LogP contribution < -0.4 is 5.32 Å². The highest BCUT2D eigenvalue weighted by atomic mass is 32.2. The summed E-state index contributed by atoms with van der Waals surface area (Å²) in [7, 11) is 0. The van der Waals surface area contributed by atoms with E-state index in [4.69, 9.17) is 0 Å². The Morgan fingerprint density at radius 3 is 2.67 bits per heavy atom. The summed E-state index contributed by atoms with van der Waals surface area (Å²) < 4.78 is 0. The van der Waals surface area contributed by atoms with E-state index in [0.717, 1.165) is 6.42 Å². The molecule has 0 bridgehead atoms. The van der Waals surface area contributed by atoms with Gasteiger partial charge in [-0.3, -0.25) is 0 Å². The fourth-order valence-electron chi connectivity index (χ4n) is 1.54. The normalized spacial score (nSPS) is 12.7. The smallest absolute Gasteiger partial charge is 0.00416 e. The van der Waals surface area contributed by atoms with Crippen molar-refractivity contribution in [2.45, 2.75) is 51.5 Å². The molecule has 1 atom stereocenters. The molecule has 0 aliphatic heterocycles. The third-order valence-corrected chi connectivity index (χ3v) is 3.27. The number of hydrogen-bond acceptors (Lipinski definition) is 2. The molecule has 0 saturated heterocycles. The highest BCUT2D eigenvalue weighted by molar-refractivity contribution is 7.98. The summed E-state index contributed by atoms with van der Waals surface area (Å²) in [6, 6.07) is 0.647. The lowest BCUT2D eigenvalue weighted by molar-refractivity contribution is 0.498. The fourth-order valence-corrected chi connectivity index (χ4v) is 2.04. The minimum Gasteiger partial charge on any atom is -0.314 e. The van der Waals surface area contributed by atoms with Gasteiger partial charge in [-0.25, -0.2) is 0 Å². The molecule has 1 nitrogen and oxygen atoms in total. The molecule has 0 heterocycles. The van der Waals surface area contributed by atoms with E-state index in [1.54, 1.807) is 0 Å². The van der Waals surface area contributed by atoms with Gasteiger partial charge in [0.25, 0.3) is 0 Å². The summed E-state index contributed by atoms with van der Waals surface area (Å²) in [5.74, 6) is 1.32. The Bertz CT molecular complexity index is 136. The number of rotatable bonds is 11. The molecule has 0 aromatic heterocycles. The van der Waals surface area contributed by atoms with Gasteiger partial charge >= 0.3 is 0 Å². The summed E-state index contributed by atoms with van der Waals surface area (Å²) in [6.07, 6.45) is 12.0. The maximum atomic E-state index is 3.74. The second-order valence-corrected chi connectivity index (χ2v) is 5.11. The number of nitrogens with one attached hydrogen (secondary N) is 1. The van der Waals surface area contributed by atoms with Crippen molar-refractivity contribution in [2.24, 2.45) is 0 Å². The average molecular weight is 229 g/mol. The van der Waals surface area contributed by atoms with E-state index >= 15 is 0 Å². The minimum atomic E-state index is 0.647. The van der Waals surface area contributed by atoms with Gasteiger partial charge in [0.1, 0.15) is 0 Å². The molecule has 0 aliphatic rings. The topological polar surface area (TPSA) is 12.0 Å². The van der Waals surface area contributed by atoms with Gasteiger partial charge in [0, 0.05) is 6.04 Å². The van der Waals surface area contributed by atoms with E-state index in [1.165, 1.54) is 44.4 Å². The van der Waals surface area contributed by atoms with Gasteiger partial charge in [0.2, 0.25) is 0 Å². The van der Waals surface area contributed by atoms with Crippen molar-refractivity contribution in [3.63, 3.8) is 0 Å². The highest BCUT2D eigenvalue weighted by Gasteiger charge is 1.98. The van der Waals surface area contributed by atoms with E-state index in [2.05, 4.69) is 25.1 Å². The molecule has 90 valence electrons. The summed E-state index contributed by atoms with van der Waals surface area (Å²) in [5, 5.41) is 3.56. The number of allylic oxidation sites excluding steroid dienone is 1. The predicted molar refractivity (Wildman–Crippen MR) is 73.7 cm³/mol. The molecule has 0 radical (unpaired) electrons. The van der Waals surface area contributed by atoms with Crippen LogP contribution in [0.2, 0.25) is 0 Å². The van der Waals surface area contributed by atoms with E-state index in [0.29, 0.717) is 6.04 Å². The van der Waals surface area contributed by atoms with Crippen LogP contribution in [0, 0.1) is 0 Å². The van der Waals surface area contributed by atoms with Crippen LogP contribution in [0.3, 0.4) is 0 Å². The van der Waals surface area contributed by atoms with E-state index in [1.807, 2.05) is 17.8 Å². The van der Waals surface area contributed by atoms with Gasteiger partial charge in [0.15, 0.2) is 0 Å². The first-order valence-corrected chi connectivity index (χ1v) is 7.54. The zero-order valence-corrected chi connectivity index (χ0v) is 11.2. The molecule has 15 heavy (non-hydrogen) atoms. The third kappa shape index (κ3) is 12.0. The van der Waals surface area contributed by atoms with E-state index in [-0.39, 0.29) is 0 Å². The lowest BCUT2D eigenvalue weighted by atomic mass is 10.1. The predicted octanol–water partition coefficient (Wildman–Crippen LogP) is 3.85. The third-order valence-electron chi connectivity index (χ3n) is 2.57. The summed E-state index contributed by atoms with van der Waals surface area (Å²) in [4.78, 5) is 0. The molecule has 0 spiro atoms. The number of hydrogen-bond donors (Lipinski definition) is 1. The van der Waals surface area contributed by atoms with Crippen molar-refractivity contribution in [1.29, 1.82) is 0 Å². The molecular formula is C13H27NS. The van der Waals surface area contributed by atoms with Crippen LogP contribution in [0.5, 0.6) is 0 Å². The lowest BCUT2D eigenvalue weighted by Crippen LogP contribution is -2.26. The van der Waals surface area contributed by atoms with Crippen LogP contribution in [-0.4, -0.2) is 24.6 Å². The molecule has 0 aliphatic carbocycles. The molecule has 0 fully saturated rings. The summed E-state index contributed by atoms with van der Waals surface area (Å²) in [6.45, 7) is 7.18. The zero-order chi connectivity index (χ0) is 11.4. The van der Waals surface area contributed by atoms with Gasteiger partial charge in [-0.05, 0) is 51.2 Å². The van der Waals surface area contributed by atoms with Crippen LogP contribution in [0.4, 0.5) is 0 Å². The first-order valence-electron chi connectivity index (χ1n) is 6.14. The molecule has 0 aromatic rings. The number of thioether (sulfide) groups is 1. The van der Waals surface area contributed by atoms with Crippen LogP contribution in [-0.2, 0) is 0 Å². The van der Waals surface area contributed by atoms with Gasteiger partial charge in [0.05, 0.1) is 0 Å². The molecular weight excluding hydrogens is 202 g/mol. The van der Waals surface area contributed by atoms with Gasteiger partial charge < -0.3 is 5.32 Å². The maximum absolute atomic E-state index is 3.74. The van der Waals surface area contributed by atoms with Crippen molar-refractivity contribution in [3.8, 4) is 0 Å². The second kappa shape index (κ2) is 12.1. The van der Waals surface area contributed by atoms with Gasteiger partial charge in [-0.15, -0.1) is 6.58 Å². The Hall–Kier alpha value is 0.0500. The van der Waals surface area contributed by atoms with Crippen molar-refractivity contribution in [1.82, 2.24) is 5.32 Å². The molecule has 1 N–H and O–H groups in total. The molecule has 0 aromatic carbocycles. The first kappa shape index (κ1) is 15.0. The Kier molecular flexibility index (Phi) is 12.2. The molecule has 0 rings (SSSR count). The Labute approximate surface area is 100 Å². The van der Waals surface area contributed by atoms with Crippen LogP contribution in [0.15, 0.2) is 12.7 Å². The van der Waals surface area contributed by atoms with Crippen LogP contribution in [0.25, 0.3) is 0 Å². The van der Waals surface area contributed by atoms with Gasteiger partial charge in [-0.2, -0.15) is 11.8 Å². The van der Waals surface area contributed by atoms with Crippen molar-refractivity contribution in [2.75, 3.05) is 18.6 Å². The summed E-state index contributed by atoms with van der Waals surface area (Å²) >= 11 is 1.95. The first-order chi connectivity index (χ1) is 7.31. The minimum absolute atomic E-state index is 0.647. The highest BCUT2D eigenvalue weighted by Crippen LogP contribution is 2.04. The zero-order valence-electron chi connectivity index (χ0n) is 10.4. The fraction of sp³-hybridized carbons (Fsp3) is 0.846. The average Bonchev–Trinajstić information content (AvgIpc) is 2.25. The maximum Gasteiger partial charge on any atom is 0.00416 e. The Balaban J connectivity index is 3.05. The second-order valence-electron chi connectivity index (χ2n) is 4.13. The van der Waals surface area contributed by atoms with E-state index in [9.17, 15) is 0 Å². The molecule has 2 heteroatoms. The standard InChI is InChI=1S/C13H27NS/c1-4-5-10-13(2)14-11-8-6-7-9-12-15-3/h4,13-14H,1,5-12H2,2-3H3. The van der Waals surface area contributed by atoms with Crippen molar-refractivity contribution >= 4 is 11.8 Å². The SMILES string of the molecule is C=CCCC(C)NCCCCCCSC. The Morgan fingerprint density at radius 1 is 1.27 bits per heavy atom. The van der Waals surface area contributed by atoms with Gasteiger partial charge in [-0.1, -0.05) is 18.9 Å². The van der Waals surface area contributed by atoms with Crippen molar-refractivity contribution in [3.05, 3.63) is 12.7 Å². The Morgan fingerprint density at radius 2 is 2.00 bits per heavy atom. The van der Waals surface area contributed by atoms with Crippen LogP contribution in [0.1, 0.15) is 45.4 Å². The summed E-state index contributed by atoms with van der Waals surface area (Å²) in [5.41, 5.74) is 0. The number of unbranched alkanes of at least 4 members (excludes halogenated alkanes) is 3. The van der Waals surface area contributed by atoms with E-state index < -0.39 is 0 Å². The molecule has 1 unspecified atom stereocenters. The monoisotopic (exact) mass is 229 g/mol.